The van der Waals surface area contributed by atoms with E-state index in [1.54, 1.807) is 13.8 Å². The van der Waals surface area contributed by atoms with Crippen LogP contribution < -0.4 is 10.6 Å². The van der Waals surface area contributed by atoms with Gasteiger partial charge in [0.25, 0.3) is 5.91 Å². The van der Waals surface area contributed by atoms with Crippen molar-refractivity contribution >= 4 is 50.8 Å². The highest BCUT2D eigenvalue weighted by Gasteiger charge is 2.24. The first-order valence-electron chi connectivity index (χ1n) is 7.28. The van der Waals surface area contributed by atoms with E-state index in [-0.39, 0.29) is 12.5 Å². The molecule has 1 heterocycles. The summed E-state index contributed by atoms with van der Waals surface area (Å²) in [7, 11) is 0. The SMILES string of the molecule is CC(C)[C@@H](NC(=O)CNC(=O)c1sc2ccccc2c1Cl)C(=O)O. The lowest BCUT2D eigenvalue weighted by Gasteiger charge is -2.17. The van der Waals surface area contributed by atoms with Crippen molar-refractivity contribution in [1.29, 1.82) is 0 Å². The van der Waals surface area contributed by atoms with E-state index in [1.807, 2.05) is 24.3 Å². The Labute approximate surface area is 147 Å². The molecule has 1 atom stereocenters. The molecule has 0 bridgehead atoms. The summed E-state index contributed by atoms with van der Waals surface area (Å²) < 4.78 is 0.878. The molecule has 0 radical (unpaired) electrons. The molecule has 3 N–H and O–H groups in total. The van der Waals surface area contributed by atoms with Gasteiger partial charge in [0.2, 0.25) is 5.91 Å². The maximum absolute atomic E-state index is 12.2. The Kier molecular flexibility index (Phi) is 5.80. The summed E-state index contributed by atoms with van der Waals surface area (Å²) >= 11 is 7.44. The molecule has 1 aromatic heterocycles. The van der Waals surface area contributed by atoms with Crippen molar-refractivity contribution in [2.24, 2.45) is 5.92 Å². The second-order valence-electron chi connectivity index (χ2n) is 5.55. The Morgan fingerprint density at radius 1 is 1.25 bits per heavy atom. The molecule has 2 rings (SSSR count). The van der Waals surface area contributed by atoms with E-state index in [2.05, 4.69) is 10.6 Å². The molecule has 0 spiro atoms. The third-order valence-corrected chi connectivity index (χ3v) is 5.07. The van der Waals surface area contributed by atoms with Crippen LogP contribution in [-0.4, -0.2) is 35.5 Å². The van der Waals surface area contributed by atoms with Crippen LogP contribution in [0.15, 0.2) is 24.3 Å². The summed E-state index contributed by atoms with van der Waals surface area (Å²) in [6, 6.07) is 6.35. The number of carboxylic acids is 1. The summed E-state index contributed by atoms with van der Waals surface area (Å²) in [5.74, 6) is -2.41. The molecule has 24 heavy (non-hydrogen) atoms. The summed E-state index contributed by atoms with van der Waals surface area (Å²) in [6.07, 6.45) is 0. The first-order valence-corrected chi connectivity index (χ1v) is 8.48. The summed E-state index contributed by atoms with van der Waals surface area (Å²) in [6.45, 7) is 3.06. The molecule has 0 aliphatic carbocycles. The van der Waals surface area contributed by atoms with Crippen molar-refractivity contribution < 1.29 is 19.5 Å². The van der Waals surface area contributed by atoms with Crippen LogP contribution in [0, 0.1) is 5.92 Å². The maximum Gasteiger partial charge on any atom is 0.326 e. The molecule has 6 nitrogen and oxygen atoms in total. The number of carbonyl (C=O) groups excluding carboxylic acids is 2. The van der Waals surface area contributed by atoms with Crippen molar-refractivity contribution in [3.05, 3.63) is 34.2 Å². The van der Waals surface area contributed by atoms with E-state index in [4.69, 9.17) is 16.7 Å². The number of aliphatic carboxylic acids is 1. The molecule has 0 saturated heterocycles. The molecule has 0 unspecified atom stereocenters. The molecule has 2 amide bonds. The van der Waals surface area contributed by atoms with Gasteiger partial charge in [-0.2, -0.15) is 0 Å². The lowest BCUT2D eigenvalue weighted by atomic mass is 10.1. The van der Waals surface area contributed by atoms with Gasteiger partial charge in [-0.1, -0.05) is 43.6 Å². The van der Waals surface area contributed by atoms with Gasteiger partial charge in [0.05, 0.1) is 11.6 Å². The van der Waals surface area contributed by atoms with Crippen LogP contribution in [0.4, 0.5) is 0 Å². The maximum atomic E-state index is 12.2. The van der Waals surface area contributed by atoms with Gasteiger partial charge in [-0.3, -0.25) is 9.59 Å². The van der Waals surface area contributed by atoms with E-state index in [1.165, 1.54) is 11.3 Å². The number of fused-ring (bicyclic) bond motifs is 1. The number of halogens is 1. The minimum Gasteiger partial charge on any atom is -0.480 e. The van der Waals surface area contributed by atoms with Crippen LogP contribution in [0.5, 0.6) is 0 Å². The molecule has 0 aliphatic heterocycles. The number of hydrogen-bond donors (Lipinski definition) is 3. The predicted octanol–water partition coefficient (Wildman–Crippen LogP) is 2.51. The normalized spacial score (nSPS) is 12.2. The fraction of sp³-hybridized carbons (Fsp3) is 0.312. The third-order valence-electron chi connectivity index (χ3n) is 3.40. The van der Waals surface area contributed by atoms with Crippen LogP contribution in [0.25, 0.3) is 10.1 Å². The second-order valence-corrected chi connectivity index (χ2v) is 6.98. The van der Waals surface area contributed by atoms with Gasteiger partial charge >= 0.3 is 5.97 Å². The minimum absolute atomic E-state index is 0.265. The Bertz CT molecular complexity index is 787. The number of rotatable bonds is 6. The van der Waals surface area contributed by atoms with Crippen LogP contribution in [0.2, 0.25) is 5.02 Å². The van der Waals surface area contributed by atoms with Gasteiger partial charge in [-0.05, 0) is 12.0 Å². The van der Waals surface area contributed by atoms with Crippen LogP contribution >= 0.6 is 22.9 Å². The smallest absolute Gasteiger partial charge is 0.326 e. The van der Waals surface area contributed by atoms with Crippen molar-refractivity contribution in [2.75, 3.05) is 6.54 Å². The average Bonchev–Trinajstić information content (AvgIpc) is 2.87. The molecule has 2 aromatic rings. The number of amides is 2. The first-order chi connectivity index (χ1) is 11.3. The van der Waals surface area contributed by atoms with Crippen LogP contribution in [0.3, 0.4) is 0 Å². The second kappa shape index (κ2) is 7.63. The van der Waals surface area contributed by atoms with Gasteiger partial charge in [-0.15, -0.1) is 11.3 Å². The van der Waals surface area contributed by atoms with E-state index in [0.717, 1.165) is 10.1 Å². The van der Waals surface area contributed by atoms with Gasteiger partial charge in [0.1, 0.15) is 10.9 Å². The van der Waals surface area contributed by atoms with E-state index in [0.29, 0.717) is 9.90 Å². The van der Waals surface area contributed by atoms with Gasteiger partial charge < -0.3 is 15.7 Å². The molecular weight excluding hydrogens is 352 g/mol. The molecule has 0 aliphatic rings. The zero-order valence-corrected chi connectivity index (χ0v) is 14.7. The Balaban J connectivity index is 2.00. The van der Waals surface area contributed by atoms with Crippen molar-refractivity contribution in [1.82, 2.24) is 10.6 Å². The molecular formula is C16H17ClN2O4S. The molecule has 8 heteroatoms. The molecule has 128 valence electrons. The number of thiophene rings is 1. The van der Waals surface area contributed by atoms with Crippen LogP contribution in [-0.2, 0) is 9.59 Å². The molecule has 0 saturated carbocycles. The molecule has 1 aromatic carbocycles. The summed E-state index contributed by atoms with van der Waals surface area (Å²) in [5, 5.41) is 15.0. The predicted molar refractivity (Wildman–Crippen MR) is 93.6 cm³/mol. The Morgan fingerprint density at radius 2 is 1.92 bits per heavy atom. The first kappa shape index (κ1) is 18.2. The zero-order chi connectivity index (χ0) is 17.9. The Hall–Kier alpha value is -2.12. The number of nitrogens with one attached hydrogen (secondary N) is 2. The minimum atomic E-state index is -1.11. The van der Waals surface area contributed by atoms with Gasteiger partial charge in [0.15, 0.2) is 0 Å². The summed E-state index contributed by atoms with van der Waals surface area (Å²) in [5.41, 5.74) is 0. The topological polar surface area (TPSA) is 95.5 Å². The van der Waals surface area contributed by atoms with E-state index in [9.17, 15) is 14.4 Å². The average molecular weight is 369 g/mol. The van der Waals surface area contributed by atoms with Crippen molar-refractivity contribution in [3.8, 4) is 0 Å². The standard InChI is InChI=1S/C16H17ClN2O4S/c1-8(2)13(16(22)23)19-11(20)7-18-15(21)14-12(17)9-5-3-4-6-10(9)24-14/h3-6,8,13H,7H2,1-2H3,(H,18,21)(H,19,20)(H,22,23)/t13-/m1/s1. The molecule has 0 fully saturated rings. The Morgan fingerprint density at radius 3 is 2.50 bits per heavy atom. The number of carboxylic acid groups (broad SMARTS) is 1. The fourth-order valence-corrected chi connectivity index (χ4v) is 3.57. The highest BCUT2D eigenvalue weighted by Crippen LogP contribution is 2.34. The van der Waals surface area contributed by atoms with Crippen molar-refractivity contribution in [2.45, 2.75) is 19.9 Å². The van der Waals surface area contributed by atoms with E-state index >= 15 is 0 Å². The van der Waals surface area contributed by atoms with Gasteiger partial charge in [0, 0.05) is 10.1 Å². The van der Waals surface area contributed by atoms with Crippen LogP contribution in [0.1, 0.15) is 23.5 Å². The fourth-order valence-electron chi connectivity index (χ4n) is 2.14. The van der Waals surface area contributed by atoms with Gasteiger partial charge in [-0.25, -0.2) is 4.79 Å². The monoisotopic (exact) mass is 368 g/mol. The zero-order valence-electron chi connectivity index (χ0n) is 13.1. The van der Waals surface area contributed by atoms with E-state index < -0.39 is 23.8 Å². The highest BCUT2D eigenvalue weighted by atomic mass is 35.5. The number of benzene rings is 1. The largest absolute Gasteiger partial charge is 0.480 e. The third kappa shape index (κ3) is 4.04. The quantitative estimate of drug-likeness (QED) is 0.730. The number of hydrogen-bond acceptors (Lipinski definition) is 4. The lowest BCUT2D eigenvalue weighted by Crippen LogP contribution is -2.48. The number of carbonyl (C=O) groups is 3. The van der Waals surface area contributed by atoms with Crippen molar-refractivity contribution in [3.63, 3.8) is 0 Å². The lowest BCUT2D eigenvalue weighted by molar-refractivity contribution is -0.142. The highest BCUT2D eigenvalue weighted by molar-refractivity contribution is 7.21. The summed E-state index contributed by atoms with van der Waals surface area (Å²) in [4.78, 5) is 35.4.